The van der Waals surface area contributed by atoms with Crippen LogP contribution in [0.4, 0.5) is 15.3 Å². The first-order valence-electron chi connectivity index (χ1n) is 14.8. The zero-order valence-electron chi connectivity index (χ0n) is 27.2. The number of hydrogen-bond acceptors (Lipinski definition) is 11. The summed E-state index contributed by atoms with van der Waals surface area (Å²) >= 11 is 0. The highest BCUT2D eigenvalue weighted by Gasteiger charge is 2.29. The van der Waals surface area contributed by atoms with Crippen LogP contribution in [0.25, 0.3) is 22.9 Å². The number of esters is 1. The Kier molecular flexibility index (Phi) is 9.83. The van der Waals surface area contributed by atoms with Crippen LogP contribution in [0.5, 0.6) is 5.88 Å². The Morgan fingerprint density at radius 1 is 1.04 bits per heavy atom. The van der Waals surface area contributed by atoms with Crippen LogP contribution in [-0.2, 0) is 19.0 Å². The third-order valence-electron chi connectivity index (χ3n) is 6.02. The molecule has 246 valence electrons. The lowest BCUT2D eigenvalue weighted by Crippen LogP contribution is -2.33. The molecule has 15 heteroatoms. The van der Waals surface area contributed by atoms with Gasteiger partial charge in [0.05, 0.1) is 47.6 Å². The largest absolute Gasteiger partial charge is 0.476 e. The van der Waals surface area contributed by atoms with E-state index < -0.39 is 35.3 Å². The van der Waals surface area contributed by atoms with E-state index in [0.717, 1.165) is 4.68 Å². The number of carbonyl (C=O) groups is 4. The Morgan fingerprint density at radius 2 is 1.76 bits per heavy atom. The summed E-state index contributed by atoms with van der Waals surface area (Å²) in [6.45, 7) is 14.5. The minimum atomic E-state index is -0.775. The summed E-state index contributed by atoms with van der Waals surface area (Å²) in [5, 5.41) is 9.74. The summed E-state index contributed by atoms with van der Waals surface area (Å²) in [5.41, 5.74) is 0.585. The summed E-state index contributed by atoms with van der Waals surface area (Å²) in [6, 6.07) is 3.32. The van der Waals surface area contributed by atoms with Gasteiger partial charge >= 0.3 is 18.2 Å². The second-order valence-electron chi connectivity index (χ2n) is 12.3. The first-order valence-corrected chi connectivity index (χ1v) is 14.8. The molecule has 0 unspecified atom stereocenters. The Bertz CT molecular complexity index is 1670. The molecule has 4 rings (SSSR count). The van der Waals surface area contributed by atoms with Crippen molar-refractivity contribution in [3.63, 3.8) is 0 Å². The maximum Gasteiger partial charge on any atom is 0.435 e. The monoisotopic (exact) mass is 637 g/mol. The number of aromatic amines is 1. The van der Waals surface area contributed by atoms with Crippen molar-refractivity contribution in [1.29, 1.82) is 0 Å². The number of fused-ring (bicyclic) bond motifs is 1. The minimum Gasteiger partial charge on any atom is -0.476 e. The quantitative estimate of drug-likeness (QED) is 0.127. The van der Waals surface area contributed by atoms with E-state index in [1.165, 1.54) is 12.3 Å². The minimum absolute atomic E-state index is 0.0414. The second-order valence-corrected chi connectivity index (χ2v) is 12.3. The number of alkyl carbamates (subject to hydrolysis) is 1. The van der Waals surface area contributed by atoms with Gasteiger partial charge in [0.1, 0.15) is 22.7 Å². The van der Waals surface area contributed by atoms with Crippen molar-refractivity contribution in [2.24, 2.45) is 0 Å². The van der Waals surface area contributed by atoms with Crippen LogP contribution >= 0.6 is 0 Å². The van der Waals surface area contributed by atoms with Crippen molar-refractivity contribution in [2.45, 2.75) is 73.0 Å². The molecule has 4 heterocycles. The molecule has 0 saturated heterocycles. The molecule has 0 aliphatic carbocycles. The van der Waals surface area contributed by atoms with Crippen LogP contribution in [-0.4, -0.2) is 79.8 Å². The fourth-order valence-electron chi connectivity index (χ4n) is 4.25. The summed E-state index contributed by atoms with van der Waals surface area (Å²) in [4.78, 5) is 62.2. The molecule has 0 aromatic carbocycles. The van der Waals surface area contributed by atoms with Gasteiger partial charge in [-0.15, -0.1) is 5.10 Å². The van der Waals surface area contributed by atoms with Crippen LogP contribution in [0.1, 0.15) is 82.6 Å². The number of imidazole rings is 1. The molecule has 0 spiro atoms. The van der Waals surface area contributed by atoms with Crippen molar-refractivity contribution < 1.29 is 38.1 Å². The number of amides is 2. The van der Waals surface area contributed by atoms with Gasteiger partial charge in [-0.2, -0.15) is 4.68 Å². The van der Waals surface area contributed by atoms with Gasteiger partial charge in [-0.05, 0) is 80.0 Å². The van der Waals surface area contributed by atoms with E-state index in [-0.39, 0.29) is 36.9 Å². The highest BCUT2D eigenvalue weighted by atomic mass is 16.6. The Morgan fingerprint density at radius 3 is 2.43 bits per heavy atom. The van der Waals surface area contributed by atoms with Crippen molar-refractivity contribution in [3.8, 4) is 17.1 Å². The number of ether oxygens (including phenoxy) is 4. The molecule has 3 N–H and O–H groups in total. The smallest absolute Gasteiger partial charge is 0.435 e. The van der Waals surface area contributed by atoms with Gasteiger partial charge in [-0.3, -0.25) is 4.79 Å². The SMILES string of the molecule is CCOC(=O)c1nc(C)[nH]c1/C=C1\C(=O)Nc2ccc(-c3cn(C(=O)OC(C)(C)C)nc3OCCCNC(=O)OC(C)(C)C)nc21. The molecule has 2 amide bonds. The Labute approximate surface area is 266 Å². The molecule has 0 saturated carbocycles. The van der Waals surface area contributed by atoms with E-state index in [9.17, 15) is 19.2 Å². The number of carbonyl (C=O) groups excluding carboxylic acids is 4. The van der Waals surface area contributed by atoms with Gasteiger partial charge in [-0.25, -0.2) is 24.4 Å². The number of aryl methyl sites for hydroxylation is 1. The lowest BCUT2D eigenvalue weighted by atomic mass is 10.1. The number of nitrogens with zero attached hydrogens (tertiary/aromatic N) is 4. The van der Waals surface area contributed by atoms with E-state index in [2.05, 4.69) is 25.7 Å². The molecular weight excluding hydrogens is 598 g/mol. The summed E-state index contributed by atoms with van der Waals surface area (Å²) < 4.78 is 22.8. The normalized spacial score (nSPS) is 13.7. The molecule has 0 bridgehead atoms. The van der Waals surface area contributed by atoms with E-state index >= 15 is 0 Å². The van der Waals surface area contributed by atoms with Gasteiger partial charge < -0.3 is 34.6 Å². The highest BCUT2D eigenvalue weighted by molar-refractivity contribution is 6.34. The standard InChI is InChI=1S/C31H39N7O8/c1-9-43-27(40)24-22(33-17(2)34-24)15-18-23-21(36-25(18)39)12-11-20(35-23)19-16-38(29(42)46-31(6,7)8)37-26(19)44-14-10-13-32-28(41)45-30(3,4)5/h11-12,15-16H,9-10,13-14H2,1-8H3,(H,32,41)(H,33,34)(H,36,39)/b18-15-. The van der Waals surface area contributed by atoms with Gasteiger partial charge in [0.25, 0.3) is 5.91 Å². The molecule has 15 nitrogen and oxygen atoms in total. The number of pyridine rings is 1. The second kappa shape index (κ2) is 13.4. The predicted molar refractivity (Wildman–Crippen MR) is 167 cm³/mol. The molecule has 3 aromatic rings. The molecule has 0 atom stereocenters. The number of hydrogen-bond donors (Lipinski definition) is 3. The molecule has 0 radical (unpaired) electrons. The first kappa shape index (κ1) is 33.7. The molecule has 3 aromatic heterocycles. The number of rotatable bonds is 9. The van der Waals surface area contributed by atoms with E-state index in [4.69, 9.17) is 23.9 Å². The molecular formula is C31H39N7O8. The maximum atomic E-state index is 13.0. The topological polar surface area (TPSA) is 189 Å². The first-order chi connectivity index (χ1) is 21.5. The highest BCUT2D eigenvalue weighted by Crippen LogP contribution is 2.36. The van der Waals surface area contributed by atoms with Crippen LogP contribution in [0.2, 0.25) is 0 Å². The van der Waals surface area contributed by atoms with Crippen LogP contribution in [0, 0.1) is 6.92 Å². The summed E-state index contributed by atoms with van der Waals surface area (Å²) in [7, 11) is 0. The van der Waals surface area contributed by atoms with Crippen LogP contribution in [0.15, 0.2) is 18.3 Å². The zero-order valence-corrected chi connectivity index (χ0v) is 27.2. The number of aromatic nitrogens is 5. The summed E-state index contributed by atoms with van der Waals surface area (Å²) in [5.74, 6) is -0.503. The Balaban J connectivity index is 1.63. The van der Waals surface area contributed by atoms with Gasteiger partial charge in [0, 0.05) is 6.54 Å². The molecule has 1 aliphatic rings. The number of H-pyrrole nitrogens is 1. The lowest BCUT2D eigenvalue weighted by Gasteiger charge is -2.19. The lowest BCUT2D eigenvalue weighted by molar-refractivity contribution is -0.110. The van der Waals surface area contributed by atoms with E-state index in [0.29, 0.717) is 40.6 Å². The molecule has 0 fully saturated rings. The third-order valence-corrected chi connectivity index (χ3v) is 6.02. The average molecular weight is 638 g/mol. The van der Waals surface area contributed by atoms with Crippen molar-refractivity contribution in [2.75, 3.05) is 25.1 Å². The molecule has 1 aliphatic heterocycles. The number of anilines is 1. The third kappa shape index (κ3) is 8.49. The van der Waals surface area contributed by atoms with Crippen LogP contribution < -0.4 is 15.4 Å². The maximum absolute atomic E-state index is 13.0. The predicted octanol–water partition coefficient (Wildman–Crippen LogP) is 4.72. The fourth-order valence-corrected chi connectivity index (χ4v) is 4.25. The zero-order chi connectivity index (χ0) is 33.8. The fraction of sp³-hybridized carbons (Fsp3) is 0.452. The van der Waals surface area contributed by atoms with E-state index in [1.54, 1.807) is 67.5 Å². The van der Waals surface area contributed by atoms with Crippen molar-refractivity contribution in [3.05, 3.63) is 41.2 Å². The van der Waals surface area contributed by atoms with Crippen LogP contribution in [0.3, 0.4) is 0 Å². The molecule has 46 heavy (non-hydrogen) atoms. The van der Waals surface area contributed by atoms with Crippen molar-refractivity contribution in [1.82, 2.24) is 30.0 Å². The van der Waals surface area contributed by atoms with Gasteiger partial charge in [0.15, 0.2) is 5.69 Å². The van der Waals surface area contributed by atoms with Gasteiger partial charge in [0.2, 0.25) is 5.88 Å². The summed E-state index contributed by atoms with van der Waals surface area (Å²) in [6.07, 6.45) is 2.06. The Hall–Kier alpha value is -5.21. The van der Waals surface area contributed by atoms with E-state index in [1.807, 2.05) is 0 Å². The van der Waals surface area contributed by atoms with Crippen molar-refractivity contribution >= 4 is 41.4 Å². The average Bonchev–Trinajstić information content (AvgIpc) is 3.61. The number of nitrogens with one attached hydrogen (secondary N) is 3. The van der Waals surface area contributed by atoms with Gasteiger partial charge in [-0.1, -0.05) is 0 Å².